The van der Waals surface area contributed by atoms with Crippen LogP contribution in [-0.4, -0.2) is 33.1 Å². The topological polar surface area (TPSA) is 80.1 Å². The molecule has 9 heteroatoms. The van der Waals surface area contributed by atoms with Crippen LogP contribution in [0.1, 0.15) is 17.7 Å². The van der Waals surface area contributed by atoms with Crippen molar-refractivity contribution in [3.8, 4) is 16.4 Å². The standard InChI is InChI=1S/C25H22FN5O2S/c1-15-3-5-17(6-4-15)21-14-34-25(27-21)31-22(11-16(2)29-31)28-24(33)18-12-23(32)30(13-18)20-9-7-19(26)8-10-20/h3-11,14,18H,12-13H2,1-2H3,(H,28,33)/t18-/m1/s1. The lowest BCUT2D eigenvalue weighted by atomic mass is 10.1. The SMILES string of the molecule is Cc1ccc(-c2csc(-n3nc(C)cc3NC(=O)[C@@H]3CC(=O)N(c4ccc(F)cc4)C3)n2)cc1. The van der Waals surface area contributed by atoms with Gasteiger partial charge in [-0.3, -0.25) is 9.59 Å². The van der Waals surface area contributed by atoms with Gasteiger partial charge in [0.1, 0.15) is 11.6 Å². The van der Waals surface area contributed by atoms with Gasteiger partial charge in [-0.05, 0) is 38.1 Å². The molecule has 34 heavy (non-hydrogen) atoms. The number of nitrogens with zero attached hydrogens (tertiary/aromatic N) is 4. The highest BCUT2D eigenvalue weighted by molar-refractivity contribution is 7.12. The Morgan fingerprint density at radius 1 is 1.12 bits per heavy atom. The molecule has 0 saturated carbocycles. The molecule has 0 radical (unpaired) electrons. The zero-order valence-electron chi connectivity index (χ0n) is 18.7. The van der Waals surface area contributed by atoms with Gasteiger partial charge in [0.05, 0.1) is 17.3 Å². The molecule has 1 N–H and O–H groups in total. The van der Waals surface area contributed by atoms with Crippen LogP contribution < -0.4 is 10.2 Å². The Labute approximate surface area is 199 Å². The molecule has 7 nitrogen and oxygen atoms in total. The third kappa shape index (κ3) is 4.34. The third-order valence-electron chi connectivity index (χ3n) is 5.74. The second-order valence-corrected chi connectivity index (χ2v) is 9.17. The highest BCUT2D eigenvalue weighted by atomic mass is 32.1. The minimum Gasteiger partial charge on any atom is -0.312 e. The maximum atomic E-state index is 13.2. The smallest absolute Gasteiger partial charge is 0.230 e. The van der Waals surface area contributed by atoms with Gasteiger partial charge in [0, 0.05) is 35.7 Å². The van der Waals surface area contributed by atoms with Crippen LogP contribution in [0.4, 0.5) is 15.9 Å². The summed E-state index contributed by atoms with van der Waals surface area (Å²) < 4.78 is 14.8. The summed E-state index contributed by atoms with van der Waals surface area (Å²) in [6.07, 6.45) is 0.0884. The van der Waals surface area contributed by atoms with E-state index in [1.807, 2.05) is 43.5 Å². The van der Waals surface area contributed by atoms with Gasteiger partial charge in [-0.15, -0.1) is 11.3 Å². The lowest BCUT2D eigenvalue weighted by molar-refractivity contribution is -0.122. The van der Waals surface area contributed by atoms with E-state index in [2.05, 4.69) is 10.4 Å². The van der Waals surface area contributed by atoms with Gasteiger partial charge in [-0.1, -0.05) is 29.8 Å². The minimum absolute atomic E-state index is 0.0884. The molecule has 0 bridgehead atoms. The van der Waals surface area contributed by atoms with Crippen molar-refractivity contribution in [1.29, 1.82) is 0 Å². The van der Waals surface area contributed by atoms with Crippen molar-refractivity contribution < 1.29 is 14.0 Å². The lowest BCUT2D eigenvalue weighted by Gasteiger charge is -2.16. The first kappa shape index (κ1) is 22.0. The Morgan fingerprint density at radius 2 is 1.85 bits per heavy atom. The molecule has 5 rings (SSSR count). The zero-order valence-corrected chi connectivity index (χ0v) is 19.5. The number of benzene rings is 2. The molecule has 0 aliphatic carbocycles. The number of carbonyl (C=O) groups is 2. The van der Waals surface area contributed by atoms with Crippen molar-refractivity contribution >= 4 is 34.7 Å². The van der Waals surface area contributed by atoms with Crippen molar-refractivity contribution in [3.63, 3.8) is 0 Å². The third-order valence-corrected chi connectivity index (χ3v) is 6.55. The second kappa shape index (κ2) is 8.83. The first-order valence-corrected chi connectivity index (χ1v) is 11.7. The zero-order chi connectivity index (χ0) is 23.8. The summed E-state index contributed by atoms with van der Waals surface area (Å²) in [6.45, 7) is 4.11. The summed E-state index contributed by atoms with van der Waals surface area (Å²) in [4.78, 5) is 31.8. The first-order valence-electron chi connectivity index (χ1n) is 10.8. The molecule has 4 aromatic rings. The Kier molecular flexibility index (Phi) is 5.70. The van der Waals surface area contributed by atoms with Gasteiger partial charge in [0.2, 0.25) is 16.9 Å². The van der Waals surface area contributed by atoms with Crippen LogP contribution in [0.3, 0.4) is 0 Å². The summed E-state index contributed by atoms with van der Waals surface area (Å²) in [7, 11) is 0. The van der Waals surface area contributed by atoms with Gasteiger partial charge in [0.25, 0.3) is 0 Å². The van der Waals surface area contributed by atoms with E-state index >= 15 is 0 Å². The highest BCUT2D eigenvalue weighted by Crippen LogP contribution is 2.29. The largest absolute Gasteiger partial charge is 0.312 e. The molecule has 2 aromatic heterocycles. The number of hydrogen-bond acceptors (Lipinski definition) is 5. The molecule has 172 valence electrons. The van der Waals surface area contributed by atoms with E-state index in [0.717, 1.165) is 17.0 Å². The quantitative estimate of drug-likeness (QED) is 0.452. The number of hydrogen-bond donors (Lipinski definition) is 1. The Morgan fingerprint density at radius 3 is 2.59 bits per heavy atom. The number of rotatable bonds is 5. The average molecular weight is 476 g/mol. The van der Waals surface area contributed by atoms with E-state index in [4.69, 9.17) is 4.98 Å². The highest BCUT2D eigenvalue weighted by Gasteiger charge is 2.35. The summed E-state index contributed by atoms with van der Waals surface area (Å²) in [5, 5.41) is 10.0. The van der Waals surface area contributed by atoms with Crippen molar-refractivity contribution in [2.45, 2.75) is 20.3 Å². The molecular formula is C25H22FN5O2S. The number of nitrogens with one attached hydrogen (secondary N) is 1. The maximum absolute atomic E-state index is 13.2. The van der Waals surface area contributed by atoms with Crippen LogP contribution in [0.25, 0.3) is 16.4 Å². The molecule has 2 aromatic carbocycles. The fourth-order valence-electron chi connectivity index (χ4n) is 3.93. The first-order chi connectivity index (χ1) is 16.4. The van der Waals surface area contributed by atoms with Crippen LogP contribution in [0.2, 0.25) is 0 Å². The van der Waals surface area contributed by atoms with Gasteiger partial charge in [0.15, 0.2) is 0 Å². The predicted molar refractivity (Wildman–Crippen MR) is 130 cm³/mol. The number of aromatic nitrogens is 3. The van der Waals surface area contributed by atoms with Crippen LogP contribution in [0.15, 0.2) is 60.0 Å². The predicted octanol–water partition coefficient (Wildman–Crippen LogP) is 4.74. The number of thiazole rings is 1. The Bertz CT molecular complexity index is 1360. The van der Waals surface area contributed by atoms with E-state index in [1.165, 1.54) is 33.9 Å². The van der Waals surface area contributed by atoms with Gasteiger partial charge < -0.3 is 10.2 Å². The van der Waals surface area contributed by atoms with Crippen molar-refractivity contribution in [2.75, 3.05) is 16.8 Å². The van der Waals surface area contributed by atoms with Crippen LogP contribution in [0.5, 0.6) is 0 Å². The van der Waals surface area contributed by atoms with E-state index < -0.39 is 5.92 Å². The minimum atomic E-state index is -0.527. The lowest BCUT2D eigenvalue weighted by Crippen LogP contribution is -2.28. The van der Waals surface area contributed by atoms with E-state index in [1.54, 1.807) is 22.9 Å². The molecule has 1 aliphatic rings. The molecule has 0 spiro atoms. The van der Waals surface area contributed by atoms with Gasteiger partial charge in [-0.2, -0.15) is 9.78 Å². The normalized spacial score (nSPS) is 15.7. The van der Waals surface area contributed by atoms with Crippen LogP contribution >= 0.6 is 11.3 Å². The Hall–Kier alpha value is -3.85. The molecule has 0 unspecified atom stereocenters. The van der Waals surface area contributed by atoms with Crippen molar-refractivity contribution in [2.24, 2.45) is 5.92 Å². The summed E-state index contributed by atoms with van der Waals surface area (Å²) in [6, 6.07) is 15.6. The number of carbonyl (C=O) groups excluding carboxylic acids is 2. The molecular weight excluding hydrogens is 453 g/mol. The van der Waals surface area contributed by atoms with E-state index in [-0.39, 0.29) is 30.6 Å². The number of halogens is 1. The molecule has 1 aliphatic heterocycles. The molecule has 1 atom stereocenters. The van der Waals surface area contributed by atoms with Crippen LogP contribution in [0, 0.1) is 25.6 Å². The number of aryl methyl sites for hydroxylation is 2. The fourth-order valence-corrected chi connectivity index (χ4v) is 4.73. The van der Waals surface area contributed by atoms with Gasteiger partial charge >= 0.3 is 0 Å². The maximum Gasteiger partial charge on any atom is 0.230 e. The van der Waals surface area contributed by atoms with Crippen LogP contribution in [-0.2, 0) is 9.59 Å². The van der Waals surface area contributed by atoms with Gasteiger partial charge in [-0.25, -0.2) is 9.37 Å². The molecule has 1 saturated heterocycles. The monoisotopic (exact) mass is 475 g/mol. The number of anilines is 2. The number of amides is 2. The summed E-state index contributed by atoms with van der Waals surface area (Å²) in [5.41, 5.74) is 4.33. The van der Waals surface area contributed by atoms with E-state index in [0.29, 0.717) is 16.6 Å². The van der Waals surface area contributed by atoms with Crippen molar-refractivity contribution in [1.82, 2.24) is 14.8 Å². The molecule has 3 heterocycles. The van der Waals surface area contributed by atoms with Crippen molar-refractivity contribution in [3.05, 3.63) is 77.1 Å². The Balaban J connectivity index is 1.33. The van der Waals surface area contributed by atoms with E-state index in [9.17, 15) is 14.0 Å². The fraction of sp³-hybridized carbons (Fsp3) is 0.200. The molecule has 2 amide bonds. The molecule has 1 fully saturated rings. The summed E-state index contributed by atoms with van der Waals surface area (Å²) >= 11 is 1.43. The summed E-state index contributed by atoms with van der Waals surface area (Å²) in [5.74, 6) is -0.838. The second-order valence-electron chi connectivity index (χ2n) is 8.34. The average Bonchev–Trinajstić information content (AvgIpc) is 3.53.